The lowest BCUT2D eigenvalue weighted by molar-refractivity contribution is -0.142. The molecule has 1 N–H and O–H groups in total. The van der Waals surface area contributed by atoms with Crippen LogP contribution < -0.4 is 4.74 Å². The summed E-state index contributed by atoms with van der Waals surface area (Å²) in [6, 6.07) is 20.7. The van der Waals surface area contributed by atoms with Crippen molar-refractivity contribution >= 4 is 22.8 Å². The molecule has 2 saturated heterocycles. The van der Waals surface area contributed by atoms with Gasteiger partial charge in [-0.15, -0.1) is 0 Å². The molecule has 0 spiro atoms. The minimum absolute atomic E-state index is 0.0606. The van der Waals surface area contributed by atoms with E-state index in [1.54, 1.807) is 11.0 Å². The first-order valence-corrected chi connectivity index (χ1v) is 17.0. The topological polar surface area (TPSA) is 83.4 Å². The van der Waals surface area contributed by atoms with E-state index in [-0.39, 0.29) is 12.3 Å². The van der Waals surface area contributed by atoms with Gasteiger partial charge in [-0.1, -0.05) is 42.5 Å². The second kappa shape index (κ2) is 14.0. The van der Waals surface area contributed by atoms with Crippen LogP contribution in [0.15, 0.2) is 71.1 Å². The van der Waals surface area contributed by atoms with Gasteiger partial charge in [0.2, 0.25) is 5.89 Å². The summed E-state index contributed by atoms with van der Waals surface area (Å²) >= 11 is 0. The average Bonchev–Trinajstić information content (AvgIpc) is 3.87. The molecule has 2 aliphatic heterocycles. The van der Waals surface area contributed by atoms with E-state index in [1.165, 1.54) is 18.9 Å². The van der Waals surface area contributed by atoms with Gasteiger partial charge in [0.1, 0.15) is 17.3 Å². The van der Waals surface area contributed by atoms with Crippen LogP contribution in [0, 0.1) is 20.4 Å². The largest absolute Gasteiger partial charge is 0.480 e. The number of likely N-dealkylation sites (tertiary alicyclic amines) is 2. The Morgan fingerprint density at radius 3 is 2.34 bits per heavy atom. The van der Waals surface area contributed by atoms with E-state index >= 15 is 0 Å². The van der Waals surface area contributed by atoms with Crippen LogP contribution in [-0.4, -0.2) is 58.1 Å². The van der Waals surface area contributed by atoms with Gasteiger partial charge in [0.25, 0.3) is 0 Å². The van der Waals surface area contributed by atoms with Crippen molar-refractivity contribution in [3.63, 3.8) is 0 Å². The molecule has 0 bridgehead atoms. The first kappa shape index (κ1) is 33.4. The van der Waals surface area contributed by atoms with E-state index in [0.29, 0.717) is 47.6 Å². The third kappa shape index (κ3) is 6.59. The van der Waals surface area contributed by atoms with E-state index in [1.807, 2.05) is 31.2 Å². The summed E-state index contributed by atoms with van der Waals surface area (Å²) < 4.78 is 37.9. The zero-order chi connectivity index (χ0) is 34.9. The molecule has 0 saturated carbocycles. The second-order valence-corrected chi connectivity index (χ2v) is 13.2. The highest BCUT2D eigenvalue weighted by Gasteiger charge is 2.31. The van der Waals surface area contributed by atoms with Crippen LogP contribution >= 0.6 is 0 Å². The monoisotopic (exact) mass is 676 g/mol. The van der Waals surface area contributed by atoms with Gasteiger partial charge < -0.3 is 19.2 Å². The number of carboxylic acid groups (broad SMARTS) is 1. The van der Waals surface area contributed by atoms with Crippen molar-refractivity contribution in [3.8, 4) is 39.5 Å². The number of oxazole rings is 1. The number of carbonyl (C=O) groups is 1. The van der Waals surface area contributed by atoms with Gasteiger partial charge in [-0.2, -0.15) is 8.78 Å². The molecule has 50 heavy (non-hydrogen) atoms. The van der Waals surface area contributed by atoms with Crippen LogP contribution in [0.25, 0.3) is 49.7 Å². The van der Waals surface area contributed by atoms with Crippen LogP contribution in [-0.2, 0) is 17.9 Å². The number of hydrogen-bond acceptors (Lipinski definition) is 6. The number of carboxylic acids is 1. The Balaban J connectivity index is 1.22. The van der Waals surface area contributed by atoms with Crippen LogP contribution in [0.3, 0.4) is 0 Å². The highest BCUT2D eigenvalue weighted by atomic mass is 19.3. The predicted molar refractivity (Wildman–Crippen MR) is 188 cm³/mol. The van der Waals surface area contributed by atoms with E-state index in [2.05, 4.69) is 47.0 Å². The fourth-order valence-corrected chi connectivity index (χ4v) is 7.51. The third-order valence-electron chi connectivity index (χ3n) is 10.1. The number of alkyl halides is 2. The SMILES string of the molecule is [C-]#[N+]c1cc(-c2cccc(-c3cccc(-c4nc5cc(CN6CCC[C@H]6C(=O)O)c(OC(F)F)cc5o4)c3C)c2C)ccc1CN1CCCC1. The number of halogens is 2. The molecule has 7 rings (SSSR count). The minimum atomic E-state index is -3.05. The van der Waals surface area contributed by atoms with Crippen molar-refractivity contribution in [1.29, 1.82) is 0 Å². The molecule has 8 nitrogen and oxygen atoms in total. The standard InChI is InChI=1S/C40H38F2N4O4/c1-24-29(26-14-15-27(33(19-26)43-3)22-45-16-4-5-17-45)9-6-10-30(24)31-11-7-12-32(25(31)2)38-44-34-20-28(23-46-18-8-13-35(46)39(47)48)36(50-40(41)42)21-37(34)49-38/h6-7,9-12,14-15,19-21,35,40H,4-5,8,13,16-18,22-23H2,1-2H3,(H,47,48)/t35-/m0/s1. The number of aromatic nitrogens is 1. The normalized spacial score (nSPS) is 16.8. The maximum atomic E-state index is 13.5. The minimum Gasteiger partial charge on any atom is -0.480 e. The molecule has 256 valence electrons. The van der Waals surface area contributed by atoms with E-state index < -0.39 is 18.6 Å². The van der Waals surface area contributed by atoms with Crippen LogP contribution in [0.1, 0.15) is 47.9 Å². The van der Waals surface area contributed by atoms with Crippen molar-refractivity contribution in [2.24, 2.45) is 0 Å². The van der Waals surface area contributed by atoms with E-state index in [9.17, 15) is 18.7 Å². The molecule has 1 aromatic heterocycles. The first-order valence-electron chi connectivity index (χ1n) is 17.0. The number of fused-ring (bicyclic) bond motifs is 1. The maximum absolute atomic E-state index is 13.5. The molecule has 0 amide bonds. The highest BCUT2D eigenvalue weighted by Crippen LogP contribution is 2.39. The number of aliphatic carboxylic acids is 1. The van der Waals surface area contributed by atoms with Gasteiger partial charge >= 0.3 is 12.6 Å². The van der Waals surface area contributed by atoms with Gasteiger partial charge in [-0.3, -0.25) is 9.69 Å². The van der Waals surface area contributed by atoms with Gasteiger partial charge in [-0.25, -0.2) is 9.83 Å². The Labute approximate surface area is 289 Å². The molecule has 10 heteroatoms. The molecule has 1 atom stereocenters. The molecule has 3 heterocycles. The van der Waals surface area contributed by atoms with Crippen molar-refractivity contribution in [1.82, 2.24) is 14.8 Å². The smallest absolute Gasteiger partial charge is 0.387 e. The van der Waals surface area contributed by atoms with Crippen molar-refractivity contribution in [3.05, 3.63) is 100 Å². The van der Waals surface area contributed by atoms with Crippen LogP contribution in [0.4, 0.5) is 14.5 Å². The van der Waals surface area contributed by atoms with Crippen molar-refractivity contribution in [2.45, 2.75) is 65.3 Å². The van der Waals surface area contributed by atoms with Gasteiger partial charge in [0.15, 0.2) is 11.3 Å². The van der Waals surface area contributed by atoms with Crippen molar-refractivity contribution in [2.75, 3.05) is 19.6 Å². The summed E-state index contributed by atoms with van der Waals surface area (Å²) in [4.78, 5) is 24.6. The van der Waals surface area contributed by atoms with Gasteiger partial charge in [-0.05, 0) is 116 Å². The summed E-state index contributed by atoms with van der Waals surface area (Å²) in [5.74, 6) is -0.651. The lowest BCUT2D eigenvalue weighted by Crippen LogP contribution is -2.35. The summed E-state index contributed by atoms with van der Waals surface area (Å²) in [6.07, 6.45) is 3.63. The maximum Gasteiger partial charge on any atom is 0.387 e. The molecule has 5 aromatic rings. The third-order valence-corrected chi connectivity index (χ3v) is 10.1. The van der Waals surface area contributed by atoms with Crippen LogP contribution in [0.2, 0.25) is 0 Å². The second-order valence-electron chi connectivity index (χ2n) is 13.2. The summed E-state index contributed by atoms with van der Waals surface area (Å²) in [6.45, 7) is 12.5. The van der Waals surface area contributed by atoms with E-state index in [4.69, 9.17) is 20.7 Å². The molecule has 4 aromatic carbocycles. The number of ether oxygens (including phenoxy) is 1. The zero-order valence-corrected chi connectivity index (χ0v) is 28.1. The quantitative estimate of drug-likeness (QED) is 0.148. The number of nitrogens with zero attached hydrogens (tertiary/aromatic N) is 4. The molecule has 0 aliphatic carbocycles. The number of rotatable bonds is 10. The Morgan fingerprint density at radius 2 is 1.64 bits per heavy atom. The van der Waals surface area contributed by atoms with Crippen molar-refractivity contribution < 1.29 is 27.8 Å². The highest BCUT2D eigenvalue weighted by molar-refractivity contribution is 5.85. The summed E-state index contributed by atoms with van der Waals surface area (Å²) in [5, 5.41) is 9.64. The first-order chi connectivity index (χ1) is 24.2. The summed E-state index contributed by atoms with van der Waals surface area (Å²) in [5.41, 5.74) is 9.78. The Hall–Kier alpha value is -5.11. The Morgan fingerprint density at radius 1 is 0.940 bits per heavy atom. The van der Waals surface area contributed by atoms with Gasteiger partial charge in [0, 0.05) is 30.3 Å². The lowest BCUT2D eigenvalue weighted by Gasteiger charge is -2.22. The molecule has 0 unspecified atom stereocenters. The summed E-state index contributed by atoms with van der Waals surface area (Å²) in [7, 11) is 0. The zero-order valence-electron chi connectivity index (χ0n) is 28.1. The van der Waals surface area contributed by atoms with Crippen LogP contribution in [0.5, 0.6) is 5.75 Å². The fourth-order valence-electron chi connectivity index (χ4n) is 7.51. The van der Waals surface area contributed by atoms with Gasteiger partial charge in [0.05, 0.1) is 6.57 Å². The Kier molecular flexibility index (Phi) is 9.36. The number of benzene rings is 4. The molecular weight excluding hydrogens is 638 g/mol. The number of hydrogen-bond donors (Lipinski definition) is 1. The average molecular weight is 677 g/mol. The predicted octanol–water partition coefficient (Wildman–Crippen LogP) is 9.24. The van der Waals surface area contributed by atoms with E-state index in [0.717, 1.165) is 64.1 Å². The molecule has 2 aliphatic rings. The Bertz CT molecular complexity index is 2110. The molecule has 2 fully saturated rings. The molecule has 0 radical (unpaired) electrons. The lowest BCUT2D eigenvalue weighted by atomic mass is 9.89. The molecular formula is C40H38F2N4O4. The fraction of sp³-hybridized carbons (Fsp3) is 0.325.